The van der Waals surface area contributed by atoms with Crippen molar-refractivity contribution in [2.45, 2.75) is 42.6 Å². The predicted molar refractivity (Wildman–Crippen MR) is 150 cm³/mol. The first-order valence-corrected chi connectivity index (χ1v) is 13.9. The smallest absolute Gasteiger partial charge is 0.243 e. The monoisotopic (exact) mass is 506 g/mol. The molecule has 0 spiro atoms. The van der Waals surface area contributed by atoms with Gasteiger partial charge in [0, 0.05) is 35.5 Å². The molecule has 0 radical (unpaired) electrons. The standard InChI is InChI=1S/C29H34N2O2S2/c1-29(2,35-21-22-10-6-4-7-11-22)27(28(33)30-3)31-26(32)18-19-34-20-23-14-16-25(17-15-23)24-12-8-5-9-13-24/h4-17,27H,18-21H2,1-3H3,(H,30,33)(H,31,32). The lowest BCUT2D eigenvalue weighted by molar-refractivity contribution is -0.129. The molecule has 6 heteroatoms. The van der Waals surface area contributed by atoms with Gasteiger partial charge in [0.2, 0.25) is 11.8 Å². The molecule has 3 aromatic carbocycles. The van der Waals surface area contributed by atoms with Gasteiger partial charge in [-0.1, -0.05) is 84.9 Å². The number of carbonyl (C=O) groups excluding carboxylic acids is 2. The number of nitrogens with one attached hydrogen (secondary N) is 2. The highest BCUT2D eigenvalue weighted by molar-refractivity contribution is 8.00. The Bertz CT molecular complexity index is 1070. The average molecular weight is 507 g/mol. The molecule has 2 N–H and O–H groups in total. The van der Waals surface area contributed by atoms with Gasteiger partial charge in [-0.15, -0.1) is 11.8 Å². The van der Waals surface area contributed by atoms with Crippen LogP contribution >= 0.6 is 23.5 Å². The zero-order chi connectivity index (χ0) is 25.1. The van der Waals surface area contributed by atoms with Crippen LogP contribution in [0.4, 0.5) is 0 Å². The lowest BCUT2D eigenvalue weighted by atomic mass is 10.0. The van der Waals surface area contributed by atoms with E-state index in [0.29, 0.717) is 12.2 Å². The third-order valence-electron chi connectivity index (χ3n) is 5.77. The maximum atomic E-state index is 12.7. The zero-order valence-corrected chi connectivity index (χ0v) is 22.3. The summed E-state index contributed by atoms with van der Waals surface area (Å²) in [6.45, 7) is 4.02. The molecular formula is C29H34N2O2S2. The van der Waals surface area contributed by atoms with Gasteiger partial charge in [0.25, 0.3) is 0 Å². The van der Waals surface area contributed by atoms with Gasteiger partial charge in [0.05, 0.1) is 0 Å². The van der Waals surface area contributed by atoms with Crippen LogP contribution in [0.15, 0.2) is 84.9 Å². The van der Waals surface area contributed by atoms with Crippen molar-refractivity contribution in [3.05, 3.63) is 96.1 Å². The van der Waals surface area contributed by atoms with Gasteiger partial charge in [0.15, 0.2) is 0 Å². The third-order valence-corrected chi connectivity index (χ3v) is 8.25. The normalized spacial score (nSPS) is 12.1. The second-order valence-electron chi connectivity index (χ2n) is 8.86. The number of amides is 2. The van der Waals surface area contributed by atoms with Crippen molar-refractivity contribution in [3.8, 4) is 11.1 Å². The van der Waals surface area contributed by atoms with E-state index in [1.54, 1.807) is 30.6 Å². The number of benzene rings is 3. The lowest BCUT2D eigenvalue weighted by Gasteiger charge is -2.33. The van der Waals surface area contributed by atoms with Crippen molar-refractivity contribution in [2.24, 2.45) is 0 Å². The minimum atomic E-state index is -0.607. The number of rotatable bonds is 12. The molecule has 0 aromatic heterocycles. The first-order valence-electron chi connectivity index (χ1n) is 11.8. The van der Waals surface area contributed by atoms with Gasteiger partial charge in [-0.05, 0) is 36.1 Å². The van der Waals surface area contributed by atoms with Crippen LogP contribution in [0.25, 0.3) is 11.1 Å². The fraction of sp³-hybridized carbons (Fsp3) is 0.310. The number of carbonyl (C=O) groups is 2. The summed E-state index contributed by atoms with van der Waals surface area (Å²) < 4.78 is -0.459. The molecule has 3 aromatic rings. The molecule has 1 atom stereocenters. The van der Waals surface area contributed by atoms with E-state index in [2.05, 4.69) is 59.2 Å². The summed E-state index contributed by atoms with van der Waals surface area (Å²) in [4.78, 5) is 25.3. The molecule has 0 aliphatic heterocycles. The van der Waals surface area contributed by atoms with Crippen LogP contribution in [0, 0.1) is 0 Å². The number of hydrogen-bond acceptors (Lipinski definition) is 4. The van der Waals surface area contributed by atoms with E-state index >= 15 is 0 Å². The van der Waals surface area contributed by atoms with Gasteiger partial charge in [-0.3, -0.25) is 9.59 Å². The van der Waals surface area contributed by atoms with Gasteiger partial charge in [-0.25, -0.2) is 0 Å². The molecule has 4 nitrogen and oxygen atoms in total. The van der Waals surface area contributed by atoms with Crippen LogP contribution in [0.2, 0.25) is 0 Å². The summed E-state index contributed by atoms with van der Waals surface area (Å²) in [5.41, 5.74) is 4.84. The van der Waals surface area contributed by atoms with E-state index in [4.69, 9.17) is 0 Å². The van der Waals surface area contributed by atoms with E-state index in [-0.39, 0.29) is 11.8 Å². The molecule has 0 saturated heterocycles. The molecule has 0 fully saturated rings. The molecule has 0 aliphatic carbocycles. The number of hydrogen-bond donors (Lipinski definition) is 2. The highest BCUT2D eigenvalue weighted by Gasteiger charge is 2.36. The maximum Gasteiger partial charge on any atom is 0.243 e. The molecule has 0 saturated carbocycles. The molecule has 1 unspecified atom stereocenters. The predicted octanol–water partition coefficient (Wildman–Crippen LogP) is 5.92. The summed E-state index contributed by atoms with van der Waals surface area (Å²) in [5.74, 6) is 2.05. The second kappa shape index (κ2) is 13.4. The largest absolute Gasteiger partial charge is 0.357 e. The van der Waals surface area contributed by atoms with Crippen LogP contribution in [-0.2, 0) is 21.1 Å². The number of likely N-dealkylation sites (N-methyl/N-ethyl adjacent to an activating group) is 1. The minimum Gasteiger partial charge on any atom is -0.357 e. The quantitative estimate of drug-likeness (QED) is 0.299. The number of thioether (sulfide) groups is 2. The van der Waals surface area contributed by atoms with Crippen LogP contribution in [0.3, 0.4) is 0 Å². The average Bonchev–Trinajstić information content (AvgIpc) is 2.89. The van der Waals surface area contributed by atoms with Crippen molar-refractivity contribution in [1.82, 2.24) is 10.6 Å². The summed E-state index contributed by atoms with van der Waals surface area (Å²) in [6.07, 6.45) is 0.375. The van der Waals surface area contributed by atoms with Gasteiger partial charge in [-0.2, -0.15) is 11.8 Å². The van der Waals surface area contributed by atoms with Crippen LogP contribution in [-0.4, -0.2) is 35.4 Å². The van der Waals surface area contributed by atoms with Crippen molar-refractivity contribution in [2.75, 3.05) is 12.8 Å². The Morgan fingerprint density at radius 3 is 2.00 bits per heavy atom. The summed E-state index contributed by atoms with van der Waals surface area (Å²) in [6, 6.07) is 28.4. The minimum absolute atomic E-state index is 0.0982. The Balaban J connectivity index is 1.46. The van der Waals surface area contributed by atoms with Crippen LogP contribution in [0.1, 0.15) is 31.4 Å². The Labute approximate surface area is 217 Å². The summed E-state index contributed by atoms with van der Waals surface area (Å²) >= 11 is 3.40. The van der Waals surface area contributed by atoms with Crippen LogP contribution in [0.5, 0.6) is 0 Å². The van der Waals surface area contributed by atoms with E-state index in [1.807, 2.05) is 50.2 Å². The molecule has 3 rings (SSSR count). The van der Waals surface area contributed by atoms with Crippen molar-refractivity contribution < 1.29 is 9.59 Å². The molecule has 0 heterocycles. The van der Waals surface area contributed by atoms with E-state index in [0.717, 1.165) is 11.5 Å². The molecule has 2 amide bonds. The fourth-order valence-corrected chi connectivity index (χ4v) is 5.60. The first-order chi connectivity index (χ1) is 16.9. The van der Waals surface area contributed by atoms with E-state index in [1.165, 1.54) is 22.3 Å². The third kappa shape index (κ3) is 8.48. The molecule has 0 bridgehead atoms. The van der Waals surface area contributed by atoms with E-state index in [9.17, 15) is 9.59 Å². The second-order valence-corrected chi connectivity index (χ2v) is 11.6. The Morgan fingerprint density at radius 1 is 0.800 bits per heavy atom. The molecule has 0 aliphatic rings. The van der Waals surface area contributed by atoms with Crippen LogP contribution < -0.4 is 10.6 Å². The lowest BCUT2D eigenvalue weighted by Crippen LogP contribution is -2.56. The van der Waals surface area contributed by atoms with Gasteiger partial charge < -0.3 is 10.6 Å². The van der Waals surface area contributed by atoms with Crippen molar-refractivity contribution >= 4 is 35.3 Å². The topological polar surface area (TPSA) is 58.2 Å². The van der Waals surface area contributed by atoms with Gasteiger partial charge >= 0.3 is 0 Å². The Kier molecular flexibility index (Phi) is 10.3. The first kappa shape index (κ1) is 26.9. The molecular weight excluding hydrogens is 472 g/mol. The summed E-state index contributed by atoms with van der Waals surface area (Å²) in [5, 5.41) is 5.69. The SMILES string of the molecule is CNC(=O)C(NC(=O)CCSCc1ccc(-c2ccccc2)cc1)C(C)(C)SCc1ccccc1. The van der Waals surface area contributed by atoms with Gasteiger partial charge in [0.1, 0.15) is 6.04 Å². The highest BCUT2D eigenvalue weighted by atomic mass is 32.2. The zero-order valence-electron chi connectivity index (χ0n) is 20.6. The fourth-order valence-electron chi connectivity index (χ4n) is 3.64. The van der Waals surface area contributed by atoms with Crippen molar-refractivity contribution in [1.29, 1.82) is 0 Å². The Morgan fingerprint density at radius 2 is 1.37 bits per heavy atom. The maximum absolute atomic E-state index is 12.7. The summed E-state index contributed by atoms with van der Waals surface area (Å²) in [7, 11) is 1.61. The molecule has 35 heavy (non-hydrogen) atoms. The highest BCUT2D eigenvalue weighted by Crippen LogP contribution is 2.31. The van der Waals surface area contributed by atoms with E-state index < -0.39 is 10.8 Å². The molecule has 184 valence electrons. The van der Waals surface area contributed by atoms with Crippen molar-refractivity contribution in [3.63, 3.8) is 0 Å². The Hall–Kier alpha value is -2.70.